The number of hydrogen-bond donors (Lipinski definition) is 1. The lowest BCUT2D eigenvalue weighted by atomic mass is 10.2. The normalized spacial score (nSPS) is 10.8. The van der Waals surface area contributed by atoms with Gasteiger partial charge in [0.15, 0.2) is 5.69 Å². The van der Waals surface area contributed by atoms with E-state index in [9.17, 15) is 4.79 Å². The largest absolute Gasteiger partial charge is 0.319 e. The van der Waals surface area contributed by atoms with E-state index in [4.69, 9.17) is 0 Å². The standard InChI is InChI=1S/C15H13BrN4O/c1-9-11(7-8-13(16)17-9)18-15(21)14-10-5-3-4-6-12(10)20(2)19-14/h3-8H,1-2H3,(H,18,21). The van der Waals surface area contributed by atoms with Gasteiger partial charge in [0.25, 0.3) is 5.91 Å². The van der Waals surface area contributed by atoms with Gasteiger partial charge in [-0.2, -0.15) is 5.10 Å². The molecule has 21 heavy (non-hydrogen) atoms. The number of pyridine rings is 1. The fourth-order valence-corrected chi connectivity index (χ4v) is 2.62. The third-order valence-corrected chi connectivity index (χ3v) is 3.71. The molecule has 0 aliphatic heterocycles. The molecule has 0 bridgehead atoms. The van der Waals surface area contributed by atoms with Crippen molar-refractivity contribution in [3.8, 4) is 0 Å². The number of aromatic nitrogens is 3. The summed E-state index contributed by atoms with van der Waals surface area (Å²) in [6.45, 7) is 1.84. The van der Waals surface area contributed by atoms with Crippen LogP contribution in [-0.4, -0.2) is 20.7 Å². The Labute approximate surface area is 130 Å². The molecule has 3 aromatic rings. The molecule has 3 rings (SSSR count). The van der Waals surface area contributed by atoms with Gasteiger partial charge >= 0.3 is 0 Å². The third-order valence-electron chi connectivity index (χ3n) is 3.27. The Morgan fingerprint density at radius 1 is 1.24 bits per heavy atom. The average Bonchev–Trinajstić information content (AvgIpc) is 2.80. The summed E-state index contributed by atoms with van der Waals surface area (Å²) in [6, 6.07) is 11.3. The number of nitrogens with zero attached hydrogens (tertiary/aromatic N) is 3. The lowest BCUT2D eigenvalue weighted by Gasteiger charge is -2.06. The van der Waals surface area contributed by atoms with Crippen molar-refractivity contribution in [1.82, 2.24) is 14.8 Å². The number of fused-ring (bicyclic) bond motifs is 1. The summed E-state index contributed by atoms with van der Waals surface area (Å²) in [5.74, 6) is -0.237. The predicted octanol–water partition coefficient (Wildman–Crippen LogP) is 3.29. The number of aryl methyl sites for hydroxylation is 2. The molecule has 1 amide bonds. The highest BCUT2D eigenvalue weighted by atomic mass is 79.9. The molecular formula is C15H13BrN4O. The molecular weight excluding hydrogens is 332 g/mol. The first-order chi connectivity index (χ1) is 10.1. The van der Waals surface area contributed by atoms with Crippen molar-refractivity contribution in [2.75, 3.05) is 5.32 Å². The molecule has 0 aliphatic carbocycles. The van der Waals surface area contributed by atoms with Gasteiger partial charge < -0.3 is 5.32 Å². The summed E-state index contributed by atoms with van der Waals surface area (Å²) >= 11 is 3.30. The number of halogens is 1. The molecule has 106 valence electrons. The maximum Gasteiger partial charge on any atom is 0.276 e. The molecule has 1 aromatic carbocycles. The second kappa shape index (κ2) is 5.29. The van der Waals surface area contributed by atoms with Crippen molar-refractivity contribution in [3.63, 3.8) is 0 Å². The summed E-state index contributed by atoms with van der Waals surface area (Å²) < 4.78 is 2.44. The minimum Gasteiger partial charge on any atom is -0.319 e. The van der Waals surface area contributed by atoms with Gasteiger partial charge in [-0.1, -0.05) is 18.2 Å². The molecule has 5 nitrogen and oxygen atoms in total. The van der Waals surface area contributed by atoms with Gasteiger partial charge in [0.1, 0.15) is 4.60 Å². The molecule has 0 saturated heterocycles. The topological polar surface area (TPSA) is 59.8 Å². The average molecular weight is 345 g/mol. The number of amides is 1. The van der Waals surface area contributed by atoms with Gasteiger partial charge in [-0.15, -0.1) is 0 Å². The van der Waals surface area contributed by atoms with Crippen molar-refractivity contribution in [1.29, 1.82) is 0 Å². The Bertz CT molecular complexity index is 841. The Morgan fingerprint density at radius 3 is 2.76 bits per heavy atom. The minimum absolute atomic E-state index is 0.237. The van der Waals surface area contributed by atoms with E-state index in [-0.39, 0.29) is 5.91 Å². The maximum atomic E-state index is 12.5. The predicted molar refractivity (Wildman–Crippen MR) is 85.3 cm³/mol. The van der Waals surface area contributed by atoms with Crippen molar-refractivity contribution in [2.45, 2.75) is 6.92 Å². The summed E-state index contributed by atoms with van der Waals surface area (Å²) in [7, 11) is 1.82. The quantitative estimate of drug-likeness (QED) is 0.725. The van der Waals surface area contributed by atoms with Crippen LogP contribution >= 0.6 is 15.9 Å². The Balaban J connectivity index is 1.98. The molecule has 0 unspecified atom stereocenters. The van der Waals surface area contributed by atoms with Gasteiger partial charge in [0, 0.05) is 12.4 Å². The van der Waals surface area contributed by atoms with Gasteiger partial charge in [-0.05, 0) is 41.1 Å². The van der Waals surface area contributed by atoms with Crippen LogP contribution in [0.1, 0.15) is 16.2 Å². The van der Waals surface area contributed by atoms with Crippen molar-refractivity contribution < 1.29 is 4.79 Å². The van der Waals surface area contributed by atoms with E-state index in [0.717, 1.165) is 21.2 Å². The fraction of sp³-hybridized carbons (Fsp3) is 0.133. The van der Waals surface area contributed by atoms with E-state index < -0.39 is 0 Å². The summed E-state index contributed by atoms with van der Waals surface area (Å²) in [6.07, 6.45) is 0. The van der Waals surface area contributed by atoms with Crippen LogP contribution in [0.5, 0.6) is 0 Å². The van der Waals surface area contributed by atoms with Gasteiger partial charge in [0.2, 0.25) is 0 Å². The highest BCUT2D eigenvalue weighted by Crippen LogP contribution is 2.20. The Hall–Kier alpha value is -2.21. The van der Waals surface area contributed by atoms with E-state index in [1.165, 1.54) is 0 Å². The molecule has 0 radical (unpaired) electrons. The first-order valence-corrected chi connectivity index (χ1v) is 7.22. The number of carbonyl (C=O) groups is 1. The van der Waals surface area contributed by atoms with Crippen LogP contribution in [0.25, 0.3) is 10.9 Å². The van der Waals surface area contributed by atoms with Gasteiger partial charge in [0.05, 0.1) is 16.9 Å². The number of anilines is 1. The highest BCUT2D eigenvalue weighted by Gasteiger charge is 2.16. The van der Waals surface area contributed by atoms with Crippen LogP contribution < -0.4 is 5.32 Å². The van der Waals surface area contributed by atoms with Crippen LogP contribution in [0, 0.1) is 6.92 Å². The number of benzene rings is 1. The van der Waals surface area contributed by atoms with E-state index in [1.54, 1.807) is 10.7 Å². The van der Waals surface area contributed by atoms with Gasteiger partial charge in [-0.3, -0.25) is 9.48 Å². The third kappa shape index (κ3) is 2.54. The molecule has 2 aromatic heterocycles. The summed E-state index contributed by atoms with van der Waals surface area (Å²) in [5.41, 5.74) is 2.76. The molecule has 6 heteroatoms. The minimum atomic E-state index is -0.237. The van der Waals surface area contributed by atoms with E-state index in [1.807, 2.05) is 44.3 Å². The smallest absolute Gasteiger partial charge is 0.276 e. The molecule has 0 atom stereocenters. The molecule has 0 aliphatic rings. The van der Waals surface area contributed by atoms with E-state index in [0.29, 0.717) is 11.4 Å². The maximum absolute atomic E-state index is 12.5. The number of rotatable bonds is 2. The highest BCUT2D eigenvalue weighted by molar-refractivity contribution is 9.10. The van der Waals surface area contributed by atoms with Crippen molar-refractivity contribution in [2.24, 2.45) is 7.05 Å². The number of nitrogens with one attached hydrogen (secondary N) is 1. The zero-order valence-corrected chi connectivity index (χ0v) is 13.2. The number of hydrogen-bond acceptors (Lipinski definition) is 3. The number of carbonyl (C=O) groups excluding carboxylic acids is 1. The summed E-state index contributed by atoms with van der Waals surface area (Å²) in [4.78, 5) is 16.7. The van der Waals surface area contributed by atoms with E-state index >= 15 is 0 Å². The zero-order valence-electron chi connectivity index (χ0n) is 11.6. The van der Waals surface area contributed by atoms with E-state index in [2.05, 4.69) is 31.3 Å². The monoisotopic (exact) mass is 344 g/mol. The van der Waals surface area contributed by atoms with Crippen molar-refractivity contribution >= 4 is 38.4 Å². The lowest BCUT2D eigenvalue weighted by molar-refractivity contribution is 0.102. The van der Waals surface area contributed by atoms with Crippen LogP contribution in [0.3, 0.4) is 0 Å². The fourth-order valence-electron chi connectivity index (χ4n) is 2.23. The SMILES string of the molecule is Cc1nc(Br)ccc1NC(=O)c1nn(C)c2ccccc12. The number of para-hydroxylation sites is 1. The molecule has 0 saturated carbocycles. The first kappa shape index (κ1) is 13.8. The summed E-state index contributed by atoms with van der Waals surface area (Å²) in [5, 5.41) is 8.00. The second-order valence-corrected chi connectivity index (χ2v) is 5.52. The van der Waals surface area contributed by atoms with Gasteiger partial charge in [-0.25, -0.2) is 4.98 Å². The Morgan fingerprint density at radius 2 is 2.00 bits per heavy atom. The zero-order chi connectivity index (χ0) is 15.0. The van der Waals surface area contributed by atoms with Crippen LogP contribution in [0.15, 0.2) is 41.0 Å². The second-order valence-electron chi connectivity index (χ2n) is 4.71. The van der Waals surface area contributed by atoms with Crippen molar-refractivity contribution in [3.05, 3.63) is 52.4 Å². The molecule has 2 heterocycles. The Kier molecular flexibility index (Phi) is 3.47. The molecule has 0 spiro atoms. The molecule has 1 N–H and O–H groups in total. The first-order valence-electron chi connectivity index (χ1n) is 6.42. The lowest BCUT2D eigenvalue weighted by Crippen LogP contribution is -2.14. The van der Waals surface area contributed by atoms with Crippen LogP contribution in [-0.2, 0) is 7.05 Å². The van der Waals surface area contributed by atoms with Crippen LogP contribution in [0.4, 0.5) is 5.69 Å². The van der Waals surface area contributed by atoms with Crippen LogP contribution in [0.2, 0.25) is 0 Å². The molecule has 0 fully saturated rings.